The van der Waals surface area contributed by atoms with Crippen molar-refractivity contribution in [2.75, 3.05) is 6.61 Å². The minimum atomic E-state index is -0.385. The largest absolute Gasteiger partial charge is 0.494 e. The van der Waals surface area contributed by atoms with Crippen molar-refractivity contribution in [2.45, 2.75) is 20.0 Å². The summed E-state index contributed by atoms with van der Waals surface area (Å²) in [5, 5.41) is 12.1. The molecular weight excluding hydrogens is 267 g/mol. The van der Waals surface area contributed by atoms with Crippen LogP contribution in [0.2, 0.25) is 0 Å². The maximum Gasteiger partial charge on any atom is 0.124 e. The number of halogens is 1. The summed E-state index contributed by atoms with van der Waals surface area (Å²) in [5.41, 5.74) is 2.19. The summed E-state index contributed by atoms with van der Waals surface area (Å²) in [6.45, 7) is 3.74. The molecule has 0 atom stereocenters. The van der Waals surface area contributed by atoms with Gasteiger partial charge in [-0.1, -0.05) is 12.1 Å². The Labute approximate surface area is 124 Å². The van der Waals surface area contributed by atoms with E-state index in [2.05, 4.69) is 5.32 Å². The molecule has 0 aliphatic carbocycles. The fourth-order valence-corrected chi connectivity index (χ4v) is 2.08. The van der Waals surface area contributed by atoms with E-state index in [-0.39, 0.29) is 5.82 Å². The Hall–Kier alpha value is -2.38. The van der Waals surface area contributed by atoms with E-state index in [1.807, 2.05) is 37.3 Å². The van der Waals surface area contributed by atoms with Crippen molar-refractivity contribution in [2.24, 2.45) is 0 Å². The van der Waals surface area contributed by atoms with Crippen LogP contribution in [-0.4, -0.2) is 6.61 Å². The van der Waals surface area contributed by atoms with Crippen molar-refractivity contribution in [3.63, 3.8) is 0 Å². The minimum Gasteiger partial charge on any atom is -0.494 e. The van der Waals surface area contributed by atoms with Crippen LogP contribution in [0.5, 0.6) is 5.75 Å². The maximum absolute atomic E-state index is 13.3. The molecule has 0 radical (unpaired) electrons. The lowest BCUT2D eigenvalue weighted by atomic mass is 10.1. The molecule has 0 bridgehead atoms. The summed E-state index contributed by atoms with van der Waals surface area (Å²) in [7, 11) is 0. The van der Waals surface area contributed by atoms with Gasteiger partial charge in [0.25, 0.3) is 0 Å². The first-order valence-electron chi connectivity index (χ1n) is 6.83. The number of nitrogens with zero attached hydrogens (tertiary/aromatic N) is 1. The highest BCUT2D eigenvalue weighted by atomic mass is 19.1. The van der Waals surface area contributed by atoms with Gasteiger partial charge in [0, 0.05) is 13.1 Å². The number of benzene rings is 2. The third-order valence-electron chi connectivity index (χ3n) is 2.95. The summed E-state index contributed by atoms with van der Waals surface area (Å²) in [6, 6.07) is 14.1. The molecule has 4 heteroatoms. The zero-order valence-corrected chi connectivity index (χ0v) is 11.9. The van der Waals surface area contributed by atoms with Crippen LogP contribution in [0.4, 0.5) is 4.39 Å². The van der Waals surface area contributed by atoms with E-state index in [0.717, 1.165) is 16.9 Å². The molecule has 0 saturated carbocycles. The molecule has 1 N–H and O–H groups in total. The lowest BCUT2D eigenvalue weighted by molar-refractivity contribution is 0.340. The van der Waals surface area contributed by atoms with Crippen LogP contribution in [0.3, 0.4) is 0 Å². The summed E-state index contributed by atoms with van der Waals surface area (Å²) >= 11 is 0. The van der Waals surface area contributed by atoms with E-state index in [4.69, 9.17) is 10.00 Å². The highest BCUT2D eigenvalue weighted by Gasteiger charge is 2.01. The van der Waals surface area contributed by atoms with Crippen LogP contribution in [0.1, 0.15) is 23.6 Å². The molecule has 0 unspecified atom stereocenters. The number of nitrogens with one attached hydrogen (secondary N) is 1. The van der Waals surface area contributed by atoms with Gasteiger partial charge in [0.15, 0.2) is 0 Å². The molecule has 0 aliphatic rings. The summed E-state index contributed by atoms with van der Waals surface area (Å²) in [6.07, 6.45) is 0. The zero-order chi connectivity index (χ0) is 15.1. The molecule has 2 aromatic rings. The van der Waals surface area contributed by atoms with Crippen molar-refractivity contribution in [3.05, 3.63) is 65.0 Å². The predicted molar refractivity (Wildman–Crippen MR) is 79.3 cm³/mol. The molecule has 0 heterocycles. The van der Waals surface area contributed by atoms with Gasteiger partial charge >= 0.3 is 0 Å². The van der Waals surface area contributed by atoms with Gasteiger partial charge in [0.1, 0.15) is 11.6 Å². The van der Waals surface area contributed by atoms with E-state index < -0.39 is 0 Å². The minimum absolute atomic E-state index is 0.338. The standard InChI is InChI=1S/C17H17FN2O/c1-2-21-17-5-3-4-13(9-17)11-20-12-15-6-14(10-19)7-16(18)8-15/h3-9,20H,2,11-12H2,1H3. The highest BCUT2D eigenvalue weighted by molar-refractivity contribution is 5.33. The van der Waals surface area contributed by atoms with Gasteiger partial charge < -0.3 is 10.1 Å². The van der Waals surface area contributed by atoms with Crippen LogP contribution < -0.4 is 10.1 Å². The molecule has 2 aromatic carbocycles. The van der Waals surface area contributed by atoms with Crippen LogP contribution in [0.25, 0.3) is 0 Å². The SMILES string of the molecule is CCOc1cccc(CNCc2cc(F)cc(C#N)c2)c1. The van der Waals surface area contributed by atoms with E-state index in [0.29, 0.717) is 25.3 Å². The molecule has 0 amide bonds. The van der Waals surface area contributed by atoms with Crippen molar-refractivity contribution < 1.29 is 9.13 Å². The van der Waals surface area contributed by atoms with Gasteiger partial charge in [-0.15, -0.1) is 0 Å². The first kappa shape index (κ1) is 15.0. The summed E-state index contributed by atoms with van der Waals surface area (Å²) < 4.78 is 18.8. The highest BCUT2D eigenvalue weighted by Crippen LogP contribution is 2.13. The second-order valence-corrected chi connectivity index (χ2v) is 4.64. The molecular formula is C17H17FN2O. The predicted octanol–water partition coefficient (Wildman–Crippen LogP) is 3.39. The number of nitriles is 1. The average molecular weight is 284 g/mol. The first-order valence-corrected chi connectivity index (χ1v) is 6.83. The summed E-state index contributed by atoms with van der Waals surface area (Å²) in [4.78, 5) is 0. The van der Waals surface area contributed by atoms with E-state index in [9.17, 15) is 4.39 Å². The Kier molecular flexibility index (Phi) is 5.30. The topological polar surface area (TPSA) is 45.0 Å². The van der Waals surface area contributed by atoms with E-state index in [1.165, 1.54) is 12.1 Å². The monoisotopic (exact) mass is 284 g/mol. The number of hydrogen-bond acceptors (Lipinski definition) is 3. The average Bonchev–Trinajstić information content (AvgIpc) is 2.47. The van der Waals surface area contributed by atoms with Crippen molar-refractivity contribution >= 4 is 0 Å². The van der Waals surface area contributed by atoms with Gasteiger partial charge in [0.05, 0.1) is 18.2 Å². The van der Waals surface area contributed by atoms with Crippen molar-refractivity contribution in [3.8, 4) is 11.8 Å². The number of rotatable bonds is 6. The summed E-state index contributed by atoms with van der Waals surface area (Å²) in [5.74, 6) is 0.457. The van der Waals surface area contributed by atoms with Crippen molar-refractivity contribution in [1.29, 1.82) is 5.26 Å². The Morgan fingerprint density at radius 3 is 2.71 bits per heavy atom. The van der Waals surface area contributed by atoms with Crippen molar-refractivity contribution in [1.82, 2.24) is 5.32 Å². The fraction of sp³-hybridized carbons (Fsp3) is 0.235. The first-order chi connectivity index (χ1) is 10.2. The molecule has 0 spiro atoms. The van der Waals surface area contributed by atoms with Crippen LogP contribution in [0.15, 0.2) is 42.5 Å². The maximum atomic E-state index is 13.3. The van der Waals surface area contributed by atoms with Crippen LogP contribution in [0, 0.1) is 17.1 Å². The zero-order valence-electron chi connectivity index (χ0n) is 11.9. The second kappa shape index (κ2) is 7.41. The Balaban J connectivity index is 1.94. The number of ether oxygens (including phenoxy) is 1. The number of hydrogen-bond donors (Lipinski definition) is 1. The normalized spacial score (nSPS) is 10.1. The molecule has 0 aromatic heterocycles. The van der Waals surface area contributed by atoms with E-state index in [1.54, 1.807) is 6.07 Å². The lowest BCUT2D eigenvalue weighted by Gasteiger charge is -2.08. The fourth-order valence-electron chi connectivity index (χ4n) is 2.08. The quantitative estimate of drug-likeness (QED) is 0.884. The molecule has 0 fully saturated rings. The Bertz CT molecular complexity index is 649. The van der Waals surface area contributed by atoms with Crippen LogP contribution >= 0.6 is 0 Å². The van der Waals surface area contributed by atoms with Gasteiger partial charge in [-0.2, -0.15) is 5.26 Å². The van der Waals surface area contributed by atoms with Gasteiger partial charge in [-0.25, -0.2) is 4.39 Å². The molecule has 2 rings (SSSR count). The lowest BCUT2D eigenvalue weighted by Crippen LogP contribution is -2.13. The van der Waals surface area contributed by atoms with Gasteiger partial charge in [-0.3, -0.25) is 0 Å². The molecule has 3 nitrogen and oxygen atoms in total. The van der Waals surface area contributed by atoms with Gasteiger partial charge in [-0.05, 0) is 48.4 Å². The third kappa shape index (κ3) is 4.59. The molecule has 108 valence electrons. The second-order valence-electron chi connectivity index (χ2n) is 4.64. The van der Waals surface area contributed by atoms with E-state index >= 15 is 0 Å². The third-order valence-corrected chi connectivity index (χ3v) is 2.95. The van der Waals surface area contributed by atoms with Gasteiger partial charge in [0.2, 0.25) is 0 Å². The van der Waals surface area contributed by atoms with Crippen LogP contribution in [-0.2, 0) is 13.1 Å². The Morgan fingerprint density at radius 1 is 1.14 bits per heavy atom. The Morgan fingerprint density at radius 2 is 1.95 bits per heavy atom. The molecule has 0 aliphatic heterocycles. The molecule has 0 saturated heterocycles. The smallest absolute Gasteiger partial charge is 0.124 e. The molecule has 21 heavy (non-hydrogen) atoms.